The minimum atomic E-state index is -0.442. The van der Waals surface area contributed by atoms with Crippen LogP contribution in [-0.2, 0) is 9.53 Å². The van der Waals surface area contributed by atoms with Crippen LogP contribution in [0, 0.1) is 5.92 Å². The smallest absolute Gasteiger partial charge is 0.226 e. The lowest BCUT2D eigenvalue weighted by Crippen LogP contribution is -2.49. The third-order valence-corrected chi connectivity index (χ3v) is 5.52. The van der Waals surface area contributed by atoms with Gasteiger partial charge in [-0.15, -0.1) is 0 Å². The van der Waals surface area contributed by atoms with E-state index in [-0.39, 0.29) is 24.0 Å². The minimum Gasteiger partial charge on any atom is -0.392 e. The molecule has 1 amide bonds. The van der Waals surface area contributed by atoms with Crippen molar-refractivity contribution in [2.24, 2.45) is 5.92 Å². The second-order valence-electron chi connectivity index (χ2n) is 7.09. The quantitative estimate of drug-likeness (QED) is 0.838. The normalized spacial score (nSPS) is 37.8. The van der Waals surface area contributed by atoms with Crippen LogP contribution in [0.3, 0.4) is 0 Å². The van der Waals surface area contributed by atoms with Gasteiger partial charge in [-0.2, -0.15) is 0 Å². The Bertz CT molecular complexity index is 354. The molecular formula is C17H29NO3. The molecule has 4 nitrogen and oxygen atoms in total. The predicted octanol–water partition coefficient (Wildman–Crippen LogP) is 2.53. The molecule has 3 aliphatic carbocycles. The molecule has 0 aromatic carbocycles. The first kappa shape index (κ1) is 15.3. The maximum absolute atomic E-state index is 12.4. The Balaban J connectivity index is 1.54. The molecule has 4 heteroatoms. The molecule has 3 saturated carbocycles. The van der Waals surface area contributed by atoms with Gasteiger partial charge in [0.1, 0.15) is 0 Å². The molecule has 0 heterocycles. The zero-order chi connectivity index (χ0) is 14.7. The van der Waals surface area contributed by atoms with Crippen LogP contribution < -0.4 is 5.32 Å². The number of hydrogen-bond donors (Lipinski definition) is 2. The van der Waals surface area contributed by atoms with Crippen LogP contribution in [0.1, 0.15) is 70.6 Å². The molecule has 4 unspecified atom stereocenters. The summed E-state index contributed by atoms with van der Waals surface area (Å²) in [5.41, 5.74) is 0. The number of ether oxygens (including phenoxy) is 1. The SMILES string of the molecule is O=C(NC1CCCCC1OC1CCCC1)C1CCCC1O. The summed E-state index contributed by atoms with van der Waals surface area (Å²) in [6, 6.07) is 0.152. The average Bonchev–Trinajstić information content (AvgIpc) is 3.12. The largest absolute Gasteiger partial charge is 0.392 e. The molecule has 3 fully saturated rings. The number of aliphatic hydroxyl groups is 1. The van der Waals surface area contributed by atoms with Crippen LogP contribution in [-0.4, -0.2) is 35.4 Å². The number of rotatable bonds is 4. The summed E-state index contributed by atoms with van der Waals surface area (Å²) in [5.74, 6) is -0.147. The molecule has 120 valence electrons. The summed E-state index contributed by atoms with van der Waals surface area (Å²) >= 11 is 0. The first-order valence-electron chi connectivity index (χ1n) is 8.88. The summed E-state index contributed by atoms with van der Waals surface area (Å²) in [6.45, 7) is 0. The molecular weight excluding hydrogens is 266 g/mol. The van der Waals surface area contributed by atoms with Crippen LogP contribution >= 0.6 is 0 Å². The van der Waals surface area contributed by atoms with Gasteiger partial charge in [0.2, 0.25) is 5.91 Å². The molecule has 0 spiro atoms. The maximum atomic E-state index is 12.4. The first-order valence-corrected chi connectivity index (χ1v) is 8.88. The lowest BCUT2D eigenvalue weighted by Gasteiger charge is -2.34. The fraction of sp³-hybridized carbons (Fsp3) is 0.941. The van der Waals surface area contributed by atoms with Crippen molar-refractivity contribution in [3.63, 3.8) is 0 Å². The second kappa shape index (κ2) is 7.10. The molecule has 0 saturated heterocycles. The van der Waals surface area contributed by atoms with Crippen molar-refractivity contribution >= 4 is 5.91 Å². The van der Waals surface area contributed by atoms with Crippen LogP contribution in [0.15, 0.2) is 0 Å². The fourth-order valence-electron chi connectivity index (χ4n) is 4.23. The monoisotopic (exact) mass is 295 g/mol. The summed E-state index contributed by atoms with van der Waals surface area (Å²) in [7, 11) is 0. The molecule has 0 radical (unpaired) electrons. The van der Waals surface area contributed by atoms with Crippen molar-refractivity contribution in [3.8, 4) is 0 Å². The van der Waals surface area contributed by atoms with Gasteiger partial charge in [-0.25, -0.2) is 0 Å². The van der Waals surface area contributed by atoms with E-state index >= 15 is 0 Å². The van der Waals surface area contributed by atoms with E-state index in [0.29, 0.717) is 6.10 Å². The van der Waals surface area contributed by atoms with Crippen molar-refractivity contribution in [2.45, 2.75) is 95.0 Å². The van der Waals surface area contributed by atoms with Gasteiger partial charge in [0.25, 0.3) is 0 Å². The van der Waals surface area contributed by atoms with E-state index in [1.165, 1.54) is 38.5 Å². The van der Waals surface area contributed by atoms with Gasteiger partial charge < -0.3 is 15.2 Å². The van der Waals surface area contributed by atoms with Gasteiger partial charge in [0, 0.05) is 0 Å². The summed E-state index contributed by atoms with van der Waals surface area (Å²) in [5, 5.41) is 13.1. The Hall–Kier alpha value is -0.610. The highest BCUT2D eigenvalue weighted by Gasteiger charge is 2.35. The number of carbonyl (C=O) groups excluding carboxylic acids is 1. The molecule has 0 aromatic rings. The van der Waals surface area contributed by atoms with Gasteiger partial charge in [-0.05, 0) is 44.9 Å². The van der Waals surface area contributed by atoms with E-state index in [9.17, 15) is 9.90 Å². The average molecular weight is 295 g/mol. The van der Waals surface area contributed by atoms with Gasteiger partial charge in [0.15, 0.2) is 0 Å². The van der Waals surface area contributed by atoms with E-state index in [4.69, 9.17) is 4.74 Å². The lowest BCUT2D eigenvalue weighted by molar-refractivity contribution is -0.131. The molecule has 2 N–H and O–H groups in total. The predicted molar refractivity (Wildman–Crippen MR) is 80.9 cm³/mol. The molecule has 21 heavy (non-hydrogen) atoms. The van der Waals surface area contributed by atoms with Gasteiger partial charge in [-0.3, -0.25) is 4.79 Å². The van der Waals surface area contributed by atoms with E-state index in [0.717, 1.165) is 32.1 Å². The highest BCUT2D eigenvalue weighted by Crippen LogP contribution is 2.30. The number of carbonyl (C=O) groups is 1. The van der Waals surface area contributed by atoms with Crippen LogP contribution in [0.2, 0.25) is 0 Å². The fourth-order valence-corrected chi connectivity index (χ4v) is 4.23. The first-order chi connectivity index (χ1) is 10.2. The third-order valence-electron chi connectivity index (χ3n) is 5.52. The highest BCUT2D eigenvalue weighted by molar-refractivity contribution is 5.79. The Kier molecular flexibility index (Phi) is 5.17. The van der Waals surface area contributed by atoms with Crippen molar-refractivity contribution in [1.29, 1.82) is 0 Å². The molecule has 3 rings (SSSR count). The number of aliphatic hydroxyl groups excluding tert-OH is 1. The van der Waals surface area contributed by atoms with Crippen molar-refractivity contribution in [2.75, 3.05) is 0 Å². The van der Waals surface area contributed by atoms with Crippen molar-refractivity contribution in [1.82, 2.24) is 5.32 Å². The second-order valence-corrected chi connectivity index (χ2v) is 7.09. The topological polar surface area (TPSA) is 58.6 Å². The Morgan fingerprint density at radius 2 is 1.62 bits per heavy atom. The van der Waals surface area contributed by atoms with E-state index in [1.54, 1.807) is 0 Å². The summed E-state index contributed by atoms with van der Waals surface area (Å²) in [6.07, 6.45) is 12.1. The Labute approximate surface area is 127 Å². The van der Waals surface area contributed by atoms with Crippen LogP contribution in [0.4, 0.5) is 0 Å². The third kappa shape index (κ3) is 3.78. The molecule has 0 aromatic heterocycles. The molecule has 0 aliphatic heterocycles. The van der Waals surface area contributed by atoms with Crippen LogP contribution in [0.5, 0.6) is 0 Å². The minimum absolute atomic E-state index is 0.0481. The Morgan fingerprint density at radius 1 is 0.905 bits per heavy atom. The maximum Gasteiger partial charge on any atom is 0.226 e. The number of hydrogen-bond acceptors (Lipinski definition) is 3. The number of nitrogens with one attached hydrogen (secondary N) is 1. The van der Waals surface area contributed by atoms with E-state index in [1.807, 2.05) is 0 Å². The van der Waals surface area contributed by atoms with Crippen molar-refractivity contribution < 1.29 is 14.6 Å². The van der Waals surface area contributed by atoms with Gasteiger partial charge in [-0.1, -0.05) is 25.7 Å². The lowest BCUT2D eigenvalue weighted by atomic mass is 9.91. The van der Waals surface area contributed by atoms with E-state index in [2.05, 4.69) is 5.32 Å². The van der Waals surface area contributed by atoms with Gasteiger partial charge in [0.05, 0.1) is 30.3 Å². The van der Waals surface area contributed by atoms with Crippen molar-refractivity contribution in [3.05, 3.63) is 0 Å². The zero-order valence-corrected chi connectivity index (χ0v) is 12.9. The standard InChI is InChI=1S/C17H29NO3/c19-15-10-5-8-13(15)17(20)18-14-9-3-4-11-16(14)21-12-6-1-2-7-12/h12-16,19H,1-11H2,(H,18,20). The van der Waals surface area contributed by atoms with E-state index < -0.39 is 6.10 Å². The van der Waals surface area contributed by atoms with Gasteiger partial charge >= 0.3 is 0 Å². The molecule has 3 aliphatic rings. The molecule has 4 atom stereocenters. The zero-order valence-electron chi connectivity index (χ0n) is 12.9. The molecule has 0 bridgehead atoms. The Morgan fingerprint density at radius 3 is 2.33 bits per heavy atom. The van der Waals surface area contributed by atoms with Crippen LogP contribution in [0.25, 0.3) is 0 Å². The summed E-state index contributed by atoms with van der Waals surface area (Å²) in [4.78, 5) is 12.4. The number of amides is 1. The highest BCUT2D eigenvalue weighted by atomic mass is 16.5. The summed E-state index contributed by atoms with van der Waals surface area (Å²) < 4.78 is 6.28.